The van der Waals surface area contributed by atoms with E-state index in [9.17, 15) is 0 Å². The SMILES string of the molecule is CC1OC1CCCCCCCCCCCCCCCCC1OC1C. The van der Waals surface area contributed by atoms with Gasteiger partial charge in [-0.05, 0) is 26.7 Å². The Hall–Kier alpha value is -0.0800. The summed E-state index contributed by atoms with van der Waals surface area (Å²) in [6, 6.07) is 0. The fraction of sp³-hybridized carbons (Fsp3) is 1.00. The molecule has 2 rings (SSSR count). The average molecular weight is 339 g/mol. The molecule has 4 unspecified atom stereocenters. The minimum atomic E-state index is 0.561. The van der Waals surface area contributed by atoms with Crippen molar-refractivity contribution in [1.29, 1.82) is 0 Å². The molecular formula is C22H42O2. The number of rotatable bonds is 17. The van der Waals surface area contributed by atoms with Crippen LogP contribution in [-0.2, 0) is 9.47 Å². The smallest absolute Gasteiger partial charge is 0.0839 e. The minimum absolute atomic E-state index is 0.561. The molecule has 2 aliphatic rings. The van der Waals surface area contributed by atoms with E-state index in [4.69, 9.17) is 9.47 Å². The van der Waals surface area contributed by atoms with Crippen LogP contribution in [0.1, 0.15) is 117 Å². The van der Waals surface area contributed by atoms with Crippen LogP contribution in [0.3, 0.4) is 0 Å². The van der Waals surface area contributed by atoms with Gasteiger partial charge in [0, 0.05) is 0 Å². The van der Waals surface area contributed by atoms with E-state index >= 15 is 0 Å². The van der Waals surface area contributed by atoms with E-state index in [1.165, 1.54) is 103 Å². The van der Waals surface area contributed by atoms with E-state index in [1.54, 1.807) is 0 Å². The molecule has 0 N–H and O–H groups in total. The summed E-state index contributed by atoms with van der Waals surface area (Å²) in [5, 5.41) is 0. The fourth-order valence-corrected chi connectivity index (χ4v) is 3.88. The zero-order chi connectivity index (χ0) is 17.0. The summed E-state index contributed by atoms with van der Waals surface area (Å²) in [6.45, 7) is 4.38. The third kappa shape index (κ3) is 10.0. The molecule has 0 aromatic carbocycles. The van der Waals surface area contributed by atoms with Crippen LogP contribution in [-0.4, -0.2) is 24.4 Å². The van der Waals surface area contributed by atoms with Crippen molar-refractivity contribution in [2.75, 3.05) is 0 Å². The van der Waals surface area contributed by atoms with Gasteiger partial charge in [-0.15, -0.1) is 0 Å². The Morgan fingerprint density at radius 3 is 0.833 bits per heavy atom. The highest BCUT2D eigenvalue weighted by Gasteiger charge is 2.33. The lowest BCUT2D eigenvalue weighted by atomic mass is 10.0. The maximum Gasteiger partial charge on any atom is 0.0839 e. The van der Waals surface area contributed by atoms with Crippen molar-refractivity contribution in [3.8, 4) is 0 Å². The van der Waals surface area contributed by atoms with Crippen molar-refractivity contribution >= 4 is 0 Å². The zero-order valence-electron chi connectivity index (χ0n) is 16.4. The first-order valence-corrected chi connectivity index (χ1v) is 11.1. The van der Waals surface area contributed by atoms with Crippen LogP contribution >= 0.6 is 0 Å². The van der Waals surface area contributed by atoms with Crippen molar-refractivity contribution < 1.29 is 9.47 Å². The van der Waals surface area contributed by atoms with Gasteiger partial charge in [0.15, 0.2) is 0 Å². The van der Waals surface area contributed by atoms with E-state index < -0.39 is 0 Å². The summed E-state index contributed by atoms with van der Waals surface area (Å²) in [5.74, 6) is 0. The molecule has 0 aromatic rings. The van der Waals surface area contributed by atoms with E-state index in [0.717, 1.165) is 0 Å². The lowest BCUT2D eigenvalue weighted by Gasteiger charge is -2.03. The molecule has 0 spiro atoms. The highest BCUT2D eigenvalue weighted by Crippen LogP contribution is 2.27. The van der Waals surface area contributed by atoms with Crippen LogP contribution < -0.4 is 0 Å². The van der Waals surface area contributed by atoms with Gasteiger partial charge in [-0.25, -0.2) is 0 Å². The minimum Gasteiger partial charge on any atom is -0.370 e. The highest BCUT2D eigenvalue weighted by molar-refractivity contribution is 4.80. The van der Waals surface area contributed by atoms with Gasteiger partial charge in [0.25, 0.3) is 0 Å². The second kappa shape index (κ2) is 12.3. The van der Waals surface area contributed by atoms with E-state index in [0.29, 0.717) is 24.4 Å². The van der Waals surface area contributed by atoms with Gasteiger partial charge in [0.1, 0.15) is 0 Å². The molecule has 0 bridgehead atoms. The molecule has 2 saturated heterocycles. The van der Waals surface area contributed by atoms with Gasteiger partial charge >= 0.3 is 0 Å². The van der Waals surface area contributed by atoms with Crippen LogP contribution in [0.2, 0.25) is 0 Å². The topological polar surface area (TPSA) is 25.1 Å². The summed E-state index contributed by atoms with van der Waals surface area (Å²) in [6.07, 6.45) is 25.1. The van der Waals surface area contributed by atoms with Crippen molar-refractivity contribution in [3.05, 3.63) is 0 Å². The molecule has 4 atom stereocenters. The first-order valence-electron chi connectivity index (χ1n) is 11.1. The molecule has 142 valence electrons. The van der Waals surface area contributed by atoms with Crippen LogP contribution in [0.4, 0.5) is 0 Å². The number of epoxide rings is 2. The molecule has 24 heavy (non-hydrogen) atoms. The highest BCUT2D eigenvalue weighted by atomic mass is 16.6. The normalized spacial score (nSPS) is 28.2. The quantitative estimate of drug-likeness (QED) is 0.215. The molecule has 0 amide bonds. The summed E-state index contributed by atoms with van der Waals surface area (Å²) < 4.78 is 10.9. The molecule has 0 saturated carbocycles. The monoisotopic (exact) mass is 338 g/mol. The van der Waals surface area contributed by atoms with Crippen molar-refractivity contribution in [1.82, 2.24) is 0 Å². The summed E-state index contributed by atoms with van der Waals surface area (Å²) in [5.41, 5.74) is 0. The Morgan fingerprint density at radius 1 is 0.417 bits per heavy atom. The van der Waals surface area contributed by atoms with Crippen LogP contribution in [0, 0.1) is 0 Å². The average Bonchev–Trinajstić information content (AvgIpc) is 3.46. The summed E-state index contributed by atoms with van der Waals surface area (Å²) in [4.78, 5) is 0. The zero-order valence-corrected chi connectivity index (χ0v) is 16.4. The maximum absolute atomic E-state index is 5.45. The van der Waals surface area contributed by atoms with Gasteiger partial charge in [0.2, 0.25) is 0 Å². The Bertz CT molecular complexity index is 274. The van der Waals surface area contributed by atoms with E-state index in [-0.39, 0.29) is 0 Å². The van der Waals surface area contributed by atoms with Crippen LogP contribution in [0.5, 0.6) is 0 Å². The number of hydrogen-bond donors (Lipinski definition) is 0. The van der Waals surface area contributed by atoms with E-state index in [2.05, 4.69) is 13.8 Å². The Balaban J connectivity index is 1.17. The van der Waals surface area contributed by atoms with Gasteiger partial charge in [-0.3, -0.25) is 0 Å². The number of unbranched alkanes of at least 4 members (excludes halogenated alkanes) is 13. The molecule has 2 heteroatoms. The lowest BCUT2D eigenvalue weighted by Crippen LogP contribution is -1.90. The van der Waals surface area contributed by atoms with Gasteiger partial charge < -0.3 is 9.47 Å². The van der Waals surface area contributed by atoms with Gasteiger partial charge in [0.05, 0.1) is 24.4 Å². The van der Waals surface area contributed by atoms with Crippen molar-refractivity contribution in [2.24, 2.45) is 0 Å². The molecule has 2 heterocycles. The predicted octanol–water partition coefficient (Wildman–Crippen LogP) is 6.80. The largest absolute Gasteiger partial charge is 0.370 e. The van der Waals surface area contributed by atoms with Gasteiger partial charge in [-0.2, -0.15) is 0 Å². The van der Waals surface area contributed by atoms with E-state index in [1.807, 2.05) is 0 Å². The Morgan fingerprint density at radius 2 is 0.625 bits per heavy atom. The molecule has 0 aromatic heterocycles. The van der Waals surface area contributed by atoms with Crippen LogP contribution in [0.15, 0.2) is 0 Å². The Kier molecular flexibility index (Phi) is 10.4. The first-order chi connectivity index (χ1) is 11.8. The molecule has 2 aliphatic heterocycles. The third-order valence-electron chi connectivity index (χ3n) is 5.90. The number of hydrogen-bond acceptors (Lipinski definition) is 2. The Labute approximate surface area is 151 Å². The molecule has 0 radical (unpaired) electrons. The second-order valence-electron chi connectivity index (χ2n) is 8.29. The number of ether oxygens (including phenoxy) is 2. The van der Waals surface area contributed by atoms with Crippen molar-refractivity contribution in [3.63, 3.8) is 0 Å². The predicted molar refractivity (Wildman–Crippen MR) is 103 cm³/mol. The van der Waals surface area contributed by atoms with Crippen LogP contribution in [0.25, 0.3) is 0 Å². The summed E-state index contributed by atoms with van der Waals surface area (Å²) in [7, 11) is 0. The lowest BCUT2D eigenvalue weighted by molar-refractivity contribution is 0.364. The molecule has 2 nitrogen and oxygen atoms in total. The molecular weight excluding hydrogens is 296 g/mol. The fourth-order valence-electron chi connectivity index (χ4n) is 3.88. The second-order valence-corrected chi connectivity index (χ2v) is 8.29. The third-order valence-corrected chi connectivity index (χ3v) is 5.90. The standard InChI is InChI=1S/C22H42O2/c1-19-21(23-19)17-15-13-11-9-7-5-3-4-6-8-10-12-14-16-18-22-20(2)24-22/h19-22H,3-18H2,1-2H3. The van der Waals surface area contributed by atoms with Crippen molar-refractivity contribution in [2.45, 2.75) is 141 Å². The first kappa shape index (κ1) is 20.2. The molecule has 0 aliphatic carbocycles. The van der Waals surface area contributed by atoms with Gasteiger partial charge in [-0.1, -0.05) is 89.9 Å². The maximum atomic E-state index is 5.45. The molecule has 2 fully saturated rings. The summed E-state index contributed by atoms with van der Waals surface area (Å²) >= 11 is 0.